The summed E-state index contributed by atoms with van der Waals surface area (Å²) in [7, 11) is 0. The van der Waals surface area contributed by atoms with Gasteiger partial charge in [0.1, 0.15) is 5.69 Å². The Morgan fingerprint density at radius 1 is 1.58 bits per heavy atom. The van der Waals surface area contributed by atoms with Gasteiger partial charge in [-0.05, 0) is 32.0 Å². The fourth-order valence-corrected chi connectivity index (χ4v) is 2.95. The van der Waals surface area contributed by atoms with Gasteiger partial charge in [-0.2, -0.15) is 0 Å². The number of nitrogens with zero attached hydrogens (tertiary/aromatic N) is 1. The Morgan fingerprint density at radius 3 is 2.89 bits per heavy atom. The highest BCUT2D eigenvalue weighted by atomic mass is 35.5. The van der Waals surface area contributed by atoms with E-state index in [0.29, 0.717) is 17.9 Å². The van der Waals surface area contributed by atoms with Crippen LogP contribution in [0.2, 0.25) is 4.34 Å². The number of hydrogen-bond donors (Lipinski definition) is 2. The van der Waals surface area contributed by atoms with Crippen LogP contribution in [0.4, 0.5) is 5.69 Å². The van der Waals surface area contributed by atoms with E-state index in [4.69, 9.17) is 17.3 Å². The zero-order valence-electron chi connectivity index (χ0n) is 10.8. The zero-order chi connectivity index (χ0) is 14.0. The van der Waals surface area contributed by atoms with Gasteiger partial charge in [-0.1, -0.05) is 11.6 Å². The van der Waals surface area contributed by atoms with Crippen molar-refractivity contribution in [2.24, 2.45) is 0 Å². The normalized spacial score (nSPS) is 12.4. The summed E-state index contributed by atoms with van der Waals surface area (Å²) in [5, 5.41) is 2.95. The lowest BCUT2D eigenvalue weighted by Crippen LogP contribution is -2.28. The molecule has 0 aliphatic carbocycles. The molecule has 0 radical (unpaired) electrons. The maximum absolute atomic E-state index is 12.2. The van der Waals surface area contributed by atoms with Crippen LogP contribution in [0.25, 0.3) is 0 Å². The summed E-state index contributed by atoms with van der Waals surface area (Å²) >= 11 is 7.36. The molecule has 0 aliphatic rings. The molecule has 1 amide bonds. The average molecular weight is 298 g/mol. The van der Waals surface area contributed by atoms with Gasteiger partial charge >= 0.3 is 0 Å². The number of thiophene rings is 1. The third-order valence-electron chi connectivity index (χ3n) is 2.86. The van der Waals surface area contributed by atoms with Gasteiger partial charge in [-0.25, -0.2) is 0 Å². The Balaban J connectivity index is 2.12. The summed E-state index contributed by atoms with van der Waals surface area (Å²) in [5.41, 5.74) is 6.90. The van der Waals surface area contributed by atoms with E-state index in [1.807, 2.05) is 30.5 Å². The number of carbonyl (C=O) groups excluding carboxylic acids is 1. The topological polar surface area (TPSA) is 60.0 Å². The third-order valence-corrected chi connectivity index (χ3v) is 4.27. The number of amides is 1. The summed E-state index contributed by atoms with van der Waals surface area (Å²) in [6.45, 7) is 4.61. The van der Waals surface area contributed by atoms with E-state index in [0.717, 1.165) is 9.21 Å². The second-order valence-electron chi connectivity index (χ2n) is 4.28. The lowest BCUT2D eigenvalue weighted by atomic mass is 10.2. The van der Waals surface area contributed by atoms with Crippen molar-refractivity contribution in [1.82, 2.24) is 9.88 Å². The molecule has 1 unspecified atom stereocenters. The van der Waals surface area contributed by atoms with Crippen molar-refractivity contribution in [3.8, 4) is 0 Å². The van der Waals surface area contributed by atoms with Crippen molar-refractivity contribution >= 4 is 34.5 Å². The standard InChI is InChI=1S/C13H16ClN3OS/c1-3-17-7-9(15)6-10(17)13(18)16-8(2)11-4-5-12(14)19-11/h4-8H,3,15H2,1-2H3,(H,16,18). The number of nitrogens with two attached hydrogens (primary N) is 1. The van der Waals surface area contributed by atoms with E-state index in [1.165, 1.54) is 11.3 Å². The molecule has 102 valence electrons. The number of anilines is 1. The molecule has 0 saturated carbocycles. The largest absolute Gasteiger partial charge is 0.397 e. The molecule has 4 nitrogen and oxygen atoms in total. The number of carbonyl (C=O) groups is 1. The Labute approximate surface area is 121 Å². The first-order valence-electron chi connectivity index (χ1n) is 6.03. The number of nitrogen functional groups attached to an aromatic ring is 1. The summed E-state index contributed by atoms with van der Waals surface area (Å²) in [6.07, 6.45) is 1.77. The lowest BCUT2D eigenvalue weighted by Gasteiger charge is -2.13. The molecule has 1 atom stereocenters. The predicted molar refractivity (Wildman–Crippen MR) is 79.7 cm³/mol. The molecule has 2 rings (SSSR count). The number of nitrogens with one attached hydrogen (secondary N) is 1. The van der Waals surface area contributed by atoms with Crippen molar-refractivity contribution in [2.45, 2.75) is 26.4 Å². The fraction of sp³-hybridized carbons (Fsp3) is 0.308. The minimum atomic E-state index is -0.129. The molecule has 2 heterocycles. The maximum Gasteiger partial charge on any atom is 0.268 e. The Hall–Kier alpha value is -1.46. The summed E-state index contributed by atoms with van der Waals surface area (Å²) in [5.74, 6) is -0.129. The van der Waals surface area contributed by atoms with Gasteiger partial charge in [-0.3, -0.25) is 4.79 Å². The number of hydrogen-bond acceptors (Lipinski definition) is 3. The van der Waals surface area contributed by atoms with Gasteiger partial charge in [0, 0.05) is 17.6 Å². The van der Waals surface area contributed by atoms with Crippen LogP contribution in [0.5, 0.6) is 0 Å². The number of rotatable bonds is 4. The summed E-state index contributed by atoms with van der Waals surface area (Å²) in [4.78, 5) is 13.2. The average Bonchev–Trinajstić information content (AvgIpc) is 2.95. The molecule has 2 aromatic rings. The second-order valence-corrected chi connectivity index (χ2v) is 6.03. The first kappa shape index (κ1) is 14.0. The van der Waals surface area contributed by atoms with E-state index in [1.54, 1.807) is 12.3 Å². The van der Waals surface area contributed by atoms with Crippen molar-refractivity contribution in [3.63, 3.8) is 0 Å². The van der Waals surface area contributed by atoms with E-state index >= 15 is 0 Å². The first-order valence-corrected chi connectivity index (χ1v) is 7.22. The van der Waals surface area contributed by atoms with Gasteiger partial charge < -0.3 is 15.6 Å². The van der Waals surface area contributed by atoms with E-state index in [9.17, 15) is 4.79 Å². The minimum Gasteiger partial charge on any atom is -0.397 e. The monoisotopic (exact) mass is 297 g/mol. The van der Waals surface area contributed by atoms with Gasteiger partial charge in [0.15, 0.2) is 0 Å². The van der Waals surface area contributed by atoms with Crippen molar-refractivity contribution in [1.29, 1.82) is 0 Å². The quantitative estimate of drug-likeness (QED) is 0.909. The van der Waals surface area contributed by atoms with Crippen LogP contribution in [0, 0.1) is 0 Å². The molecule has 2 aromatic heterocycles. The van der Waals surface area contributed by atoms with Gasteiger partial charge in [-0.15, -0.1) is 11.3 Å². The van der Waals surface area contributed by atoms with Crippen LogP contribution >= 0.6 is 22.9 Å². The zero-order valence-corrected chi connectivity index (χ0v) is 12.4. The van der Waals surface area contributed by atoms with E-state index in [2.05, 4.69) is 5.32 Å². The third kappa shape index (κ3) is 3.11. The van der Waals surface area contributed by atoms with Gasteiger partial charge in [0.05, 0.1) is 16.1 Å². The summed E-state index contributed by atoms with van der Waals surface area (Å²) < 4.78 is 2.55. The highest BCUT2D eigenvalue weighted by molar-refractivity contribution is 7.16. The maximum atomic E-state index is 12.2. The molecule has 3 N–H and O–H groups in total. The Kier molecular flexibility index (Phi) is 4.17. The van der Waals surface area contributed by atoms with Crippen LogP contribution in [0.15, 0.2) is 24.4 Å². The highest BCUT2D eigenvalue weighted by Gasteiger charge is 2.16. The van der Waals surface area contributed by atoms with Crippen LogP contribution in [0.1, 0.15) is 35.3 Å². The minimum absolute atomic E-state index is 0.0774. The molecule has 0 bridgehead atoms. The molecule has 0 aromatic carbocycles. The van der Waals surface area contributed by atoms with E-state index < -0.39 is 0 Å². The smallest absolute Gasteiger partial charge is 0.268 e. The van der Waals surface area contributed by atoms with Crippen molar-refractivity contribution in [2.75, 3.05) is 5.73 Å². The summed E-state index contributed by atoms with van der Waals surface area (Å²) in [6, 6.07) is 5.36. The number of aryl methyl sites for hydroxylation is 1. The van der Waals surface area contributed by atoms with E-state index in [-0.39, 0.29) is 11.9 Å². The van der Waals surface area contributed by atoms with Crippen LogP contribution < -0.4 is 11.1 Å². The highest BCUT2D eigenvalue weighted by Crippen LogP contribution is 2.26. The molecule has 0 aliphatic heterocycles. The SMILES string of the molecule is CCn1cc(N)cc1C(=O)NC(C)c1ccc(Cl)s1. The number of aromatic nitrogens is 1. The molecule has 0 spiro atoms. The lowest BCUT2D eigenvalue weighted by molar-refractivity contribution is 0.0931. The molecular weight excluding hydrogens is 282 g/mol. The fourth-order valence-electron chi connectivity index (χ4n) is 1.89. The Morgan fingerprint density at radius 2 is 2.32 bits per heavy atom. The predicted octanol–water partition coefficient (Wildman–Crippen LogP) is 3.30. The molecular formula is C13H16ClN3OS. The van der Waals surface area contributed by atoms with Gasteiger partial charge in [0.25, 0.3) is 5.91 Å². The molecule has 0 saturated heterocycles. The number of halogens is 1. The first-order chi connectivity index (χ1) is 9.01. The van der Waals surface area contributed by atoms with Crippen molar-refractivity contribution in [3.05, 3.63) is 39.3 Å². The molecule has 0 fully saturated rings. The molecule has 19 heavy (non-hydrogen) atoms. The Bertz CT molecular complexity index is 590. The van der Waals surface area contributed by atoms with Crippen LogP contribution in [-0.2, 0) is 6.54 Å². The van der Waals surface area contributed by atoms with Crippen molar-refractivity contribution < 1.29 is 4.79 Å². The molecule has 6 heteroatoms. The second kappa shape index (κ2) is 5.67. The van der Waals surface area contributed by atoms with Crippen LogP contribution in [-0.4, -0.2) is 10.5 Å². The van der Waals surface area contributed by atoms with Crippen LogP contribution in [0.3, 0.4) is 0 Å². The van der Waals surface area contributed by atoms with Gasteiger partial charge in [0.2, 0.25) is 0 Å².